The highest BCUT2D eigenvalue weighted by molar-refractivity contribution is 5.96. The molecule has 1 aliphatic rings. The van der Waals surface area contributed by atoms with E-state index >= 15 is 0 Å². The van der Waals surface area contributed by atoms with Gasteiger partial charge in [-0.3, -0.25) is 19.3 Å². The number of carbonyl (C=O) groups is 4. The van der Waals surface area contributed by atoms with E-state index in [4.69, 9.17) is 15.2 Å². The number of rotatable bonds is 20. The molecule has 7 N–H and O–H groups in total. The summed E-state index contributed by atoms with van der Waals surface area (Å²) in [5.41, 5.74) is 8.92. The number of amides is 4. The lowest BCUT2D eigenvalue weighted by molar-refractivity contribution is -0.134. The van der Waals surface area contributed by atoms with Crippen molar-refractivity contribution in [3.8, 4) is 0 Å². The molecule has 4 aromatic rings. The number of alkyl carbamates (subject to hydrolysis) is 1. The average Bonchev–Trinajstić information content (AvgIpc) is 3.67. The fourth-order valence-electron chi connectivity index (χ4n) is 6.85. The number of ether oxygens (including phenoxy) is 2. The van der Waals surface area contributed by atoms with E-state index in [1.54, 1.807) is 32.2 Å². The first-order chi connectivity index (χ1) is 28.8. The molecule has 0 bridgehead atoms. The molecule has 4 aromatic carbocycles. The van der Waals surface area contributed by atoms with Crippen molar-refractivity contribution in [3.05, 3.63) is 126 Å². The normalized spacial score (nSPS) is 15.7. The summed E-state index contributed by atoms with van der Waals surface area (Å²) in [6, 6.07) is 27.5. The highest BCUT2D eigenvalue weighted by Crippen LogP contribution is 2.34. The maximum absolute atomic E-state index is 14.5. The number of nitrogens with two attached hydrogens (primary N) is 1. The molecule has 0 aliphatic carbocycles. The number of fused-ring (bicyclic) bond motifs is 1. The van der Waals surface area contributed by atoms with E-state index in [1.165, 1.54) is 4.90 Å². The summed E-state index contributed by atoms with van der Waals surface area (Å²) < 4.78 is 11.5. The molecule has 320 valence electrons. The van der Waals surface area contributed by atoms with E-state index in [9.17, 15) is 29.4 Å². The van der Waals surface area contributed by atoms with Crippen LogP contribution in [0.3, 0.4) is 0 Å². The van der Waals surface area contributed by atoms with Gasteiger partial charge in [-0.1, -0.05) is 111 Å². The third-order valence-electron chi connectivity index (χ3n) is 10.4. The molecule has 0 fully saturated rings. The van der Waals surface area contributed by atoms with Crippen molar-refractivity contribution in [3.63, 3.8) is 0 Å². The quantitative estimate of drug-likeness (QED) is 0.0729. The third kappa shape index (κ3) is 12.6. The molecule has 0 saturated carbocycles. The van der Waals surface area contributed by atoms with Gasteiger partial charge in [-0.05, 0) is 55.2 Å². The minimum atomic E-state index is -1.49. The Kier molecular flexibility index (Phi) is 16.6. The van der Waals surface area contributed by atoms with Crippen LogP contribution < -0.4 is 26.6 Å². The van der Waals surface area contributed by atoms with Crippen LogP contribution in [0, 0.1) is 5.92 Å². The van der Waals surface area contributed by atoms with Crippen LogP contribution in [0.1, 0.15) is 58.1 Å². The van der Waals surface area contributed by atoms with Crippen LogP contribution >= 0.6 is 0 Å². The number of hydrogen-bond donors (Lipinski definition) is 6. The predicted octanol–water partition coefficient (Wildman–Crippen LogP) is 4.68. The molecule has 60 heavy (non-hydrogen) atoms. The number of aliphatic hydroxyl groups is 2. The van der Waals surface area contributed by atoms with Crippen molar-refractivity contribution in [1.29, 1.82) is 0 Å². The van der Waals surface area contributed by atoms with Gasteiger partial charge >= 0.3 is 6.09 Å². The second kappa shape index (κ2) is 22.0. The number of aliphatic hydroxyl groups excluding tert-OH is 2. The van der Waals surface area contributed by atoms with Gasteiger partial charge in [0.05, 0.1) is 43.2 Å². The zero-order valence-corrected chi connectivity index (χ0v) is 34.7. The van der Waals surface area contributed by atoms with Gasteiger partial charge in [0.2, 0.25) is 17.7 Å². The fraction of sp³-hybridized carbons (Fsp3) is 0.391. The Morgan fingerprint density at radius 1 is 0.767 bits per heavy atom. The van der Waals surface area contributed by atoms with Crippen LogP contribution in [0.15, 0.2) is 115 Å². The van der Waals surface area contributed by atoms with Crippen molar-refractivity contribution >= 4 is 40.3 Å². The smallest absolute Gasteiger partial charge is 0.408 e. The van der Waals surface area contributed by atoms with Crippen LogP contribution in [0.5, 0.6) is 0 Å². The molecular weight excluding hydrogens is 765 g/mol. The van der Waals surface area contributed by atoms with Gasteiger partial charge in [-0.15, -0.1) is 0 Å². The number of carbonyl (C=O) groups excluding carboxylic acids is 4. The minimum absolute atomic E-state index is 0.0749. The molecular formula is C46H58N6O8. The number of benzene rings is 4. The zero-order chi connectivity index (χ0) is 43.2. The molecule has 5 rings (SSSR count). The summed E-state index contributed by atoms with van der Waals surface area (Å²) in [5, 5.41) is 31.8. The van der Waals surface area contributed by atoms with Gasteiger partial charge in [-0.25, -0.2) is 4.79 Å². The molecule has 0 spiro atoms. The van der Waals surface area contributed by atoms with Crippen LogP contribution in [-0.4, -0.2) is 88.6 Å². The SMILES string of the molecule is CC(C)CC[C@H](O)C(NC(=O)[C@H](CC1=CN(C(=O)[C@H](C)N)CN1c1cccc2ccccc12)NC(=O)OCc1ccccc1)C(=O)NC(CO)C(C)OCc1ccccc1. The highest BCUT2D eigenvalue weighted by Gasteiger charge is 2.37. The van der Waals surface area contributed by atoms with E-state index in [0.717, 1.165) is 27.6 Å². The van der Waals surface area contributed by atoms with Crippen LogP contribution in [0.4, 0.5) is 10.5 Å². The Balaban J connectivity index is 1.44. The van der Waals surface area contributed by atoms with Crippen LogP contribution in [0.25, 0.3) is 10.8 Å². The summed E-state index contributed by atoms with van der Waals surface area (Å²) >= 11 is 0. The molecule has 14 heteroatoms. The molecule has 1 aliphatic heterocycles. The van der Waals surface area contributed by atoms with E-state index in [1.807, 2.05) is 110 Å². The standard InChI is InChI=1S/C46H58N6O8/c1-30(2)22-23-41(54)42(44(56)48-39(26-53)32(4)59-27-33-14-7-5-8-15-33)50-43(55)38(49-46(58)60-28-34-16-9-6-10-17-34)24-36-25-51(45(57)31(3)47)29-52(36)40-21-13-19-35-18-11-12-20-37(35)40/h5-21,25,30-32,38-39,41-42,53-54H,22-24,26-29,47H2,1-4H3,(H,48,56)(H,49,58)(H,50,55)/t31-,32?,38-,39?,41-,42?/m0/s1. The van der Waals surface area contributed by atoms with Crippen molar-refractivity contribution in [2.75, 3.05) is 18.2 Å². The van der Waals surface area contributed by atoms with E-state index < -0.39 is 60.9 Å². The largest absolute Gasteiger partial charge is 0.445 e. The minimum Gasteiger partial charge on any atom is -0.445 e. The van der Waals surface area contributed by atoms with Gasteiger partial charge in [0.1, 0.15) is 25.4 Å². The van der Waals surface area contributed by atoms with Gasteiger partial charge in [-0.2, -0.15) is 0 Å². The van der Waals surface area contributed by atoms with Crippen LogP contribution in [0.2, 0.25) is 0 Å². The Morgan fingerprint density at radius 3 is 2.05 bits per heavy atom. The molecule has 14 nitrogen and oxygen atoms in total. The van der Waals surface area contributed by atoms with Crippen molar-refractivity contribution in [2.45, 2.75) is 96.5 Å². The first-order valence-electron chi connectivity index (χ1n) is 20.4. The van der Waals surface area contributed by atoms with Gasteiger partial charge in [0, 0.05) is 23.7 Å². The second-order valence-electron chi connectivity index (χ2n) is 15.6. The van der Waals surface area contributed by atoms with E-state index in [2.05, 4.69) is 16.0 Å². The second-order valence-corrected chi connectivity index (χ2v) is 15.6. The van der Waals surface area contributed by atoms with Crippen molar-refractivity contribution in [1.82, 2.24) is 20.9 Å². The predicted molar refractivity (Wildman–Crippen MR) is 230 cm³/mol. The molecule has 1 heterocycles. The third-order valence-corrected chi connectivity index (χ3v) is 10.4. The number of hydrogen-bond acceptors (Lipinski definition) is 10. The Hall–Kier alpha value is -5.80. The number of anilines is 1. The van der Waals surface area contributed by atoms with Gasteiger partial charge in [0.25, 0.3) is 0 Å². The molecule has 3 unspecified atom stereocenters. The average molecular weight is 823 g/mol. The zero-order valence-electron chi connectivity index (χ0n) is 34.7. The summed E-state index contributed by atoms with van der Waals surface area (Å²) in [5.74, 6) is -1.71. The maximum atomic E-state index is 14.5. The van der Waals surface area contributed by atoms with E-state index in [-0.39, 0.29) is 44.5 Å². The van der Waals surface area contributed by atoms with Crippen LogP contribution in [-0.2, 0) is 37.1 Å². The summed E-state index contributed by atoms with van der Waals surface area (Å²) in [4.78, 5) is 58.7. The lowest BCUT2D eigenvalue weighted by Crippen LogP contribution is -2.60. The first kappa shape index (κ1) is 45.3. The Bertz CT molecular complexity index is 2060. The molecule has 0 saturated heterocycles. The fourth-order valence-corrected chi connectivity index (χ4v) is 6.85. The van der Waals surface area contributed by atoms with E-state index in [0.29, 0.717) is 12.1 Å². The highest BCUT2D eigenvalue weighted by atomic mass is 16.5. The summed E-state index contributed by atoms with van der Waals surface area (Å²) in [6.45, 7) is 7.03. The van der Waals surface area contributed by atoms with Gasteiger partial charge in [0.15, 0.2) is 0 Å². The Labute approximate surface area is 351 Å². The van der Waals surface area contributed by atoms with Crippen molar-refractivity contribution in [2.24, 2.45) is 11.7 Å². The summed E-state index contributed by atoms with van der Waals surface area (Å²) in [7, 11) is 0. The first-order valence-corrected chi connectivity index (χ1v) is 20.4. The number of nitrogens with one attached hydrogen (secondary N) is 3. The lowest BCUT2D eigenvalue weighted by atomic mass is 9.98. The lowest BCUT2D eigenvalue weighted by Gasteiger charge is -2.30. The topological polar surface area (TPSA) is 196 Å². The molecule has 0 radical (unpaired) electrons. The maximum Gasteiger partial charge on any atom is 0.408 e. The number of nitrogens with zero attached hydrogens (tertiary/aromatic N) is 2. The van der Waals surface area contributed by atoms with Crippen molar-refractivity contribution < 1.29 is 38.9 Å². The summed E-state index contributed by atoms with van der Waals surface area (Å²) in [6.07, 6.45) is -0.708. The monoisotopic (exact) mass is 822 g/mol. The van der Waals surface area contributed by atoms with Gasteiger partial charge < -0.3 is 46.3 Å². The molecule has 0 aromatic heterocycles. The Morgan fingerprint density at radius 2 is 1.40 bits per heavy atom. The molecule has 4 amide bonds. The molecule has 6 atom stereocenters.